The van der Waals surface area contributed by atoms with Crippen LogP contribution >= 0.6 is 11.6 Å². The molecule has 0 heterocycles. The van der Waals surface area contributed by atoms with Crippen LogP contribution in [0.5, 0.6) is 5.75 Å². The van der Waals surface area contributed by atoms with Crippen LogP contribution in [0.15, 0.2) is 18.2 Å². The van der Waals surface area contributed by atoms with E-state index in [0.717, 1.165) is 12.8 Å². The fourth-order valence-corrected chi connectivity index (χ4v) is 2.19. The first-order chi connectivity index (χ1) is 10.2. The lowest BCUT2D eigenvalue weighted by Crippen LogP contribution is -2.44. The molecule has 0 aliphatic heterocycles. The molecule has 1 fully saturated rings. The van der Waals surface area contributed by atoms with E-state index < -0.39 is 17.2 Å². The number of carbonyl (C=O) groups excluding carboxylic acids is 1. The number of carbonyl (C=O) groups is 1. The highest BCUT2D eigenvalue weighted by molar-refractivity contribution is 6.17. The van der Waals surface area contributed by atoms with E-state index >= 15 is 0 Å². The van der Waals surface area contributed by atoms with Crippen LogP contribution in [0.1, 0.15) is 39.2 Å². The van der Waals surface area contributed by atoms with Gasteiger partial charge in [-0.25, -0.2) is 9.18 Å². The molecular weight excluding hydrogens is 309 g/mol. The zero-order chi connectivity index (χ0) is 16.4. The topological polar surface area (TPSA) is 47.6 Å². The molecule has 1 aliphatic rings. The molecule has 122 valence electrons. The van der Waals surface area contributed by atoms with Crippen LogP contribution in [0.4, 0.5) is 9.18 Å². The first kappa shape index (κ1) is 16.9. The predicted molar refractivity (Wildman–Crippen MR) is 82.8 cm³/mol. The molecular formula is C16H21ClFNO3. The standard InChI is InChI=1S/C16H21ClFNO3/c1-15(2,3)22-14(20)19-16(6-7-16)10-21-13-5-4-12(18)8-11(13)9-17/h4-5,8H,6-7,9-10H2,1-3H3,(H,19,20). The summed E-state index contributed by atoms with van der Waals surface area (Å²) in [7, 11) is 0. The SMILES string of the molecule is CC(C)(C)OC(=O)NC1(COc2ccc(F)cc2CCl)CC1. The number of hydrogen-bond donors (Lipinski definition) is 1. The third-order valence-electron chi connectivity index (χ3n) is 3.29. The molecule has 1 amide bonds. The Bertz CT molecular complexity index is 553. The second-order valence-electron chi connectivity index (χ2n) is 6.58. The van der Waals surface area contributed by atoms with Gasteiger partial charge in [-0.05, 0) is 51.8 Å². The number of ether oxygens (including phenoxy) is 2. The van der Waals surface area contributed by atoms with Crippen molar-refractivity contribution < 1.29 is 18.7 Å². The van der Waals surface area contributed by atoms with Gasteiger partial charge in [0.2, 0.25) is 0 Å². The third kappa shape index (κ3) is 4.77. The van der Waals surface area contributed by atoms with Crippen molar-refractivity contribution in [2.45, 2.75) is 50.6 Å². The van der Waals surface area contributed by atoms with Crippen LogP contribution < -0.4 is 10.1 Å². The van der Waals surface area contributed by atoms with Gasteiger partial charge >= 0.3 is 6.09 Å². The maximum Gasteiger partial charge on any atom is 0.408 e. The van der Waals surface area contributed by atoms with Crippen LogP contribution in [-0.4, -0.2) is 23.8 Å². The molecule has 1 aromatic rings. The quantitative estimate of drug-likeness (QED) is 0.831. The van der Waals surface area contributed by atoms with Gasteiger partial charge in [-0.15, -0.1) is 11.6 Å². The average Bonchev–Trinajstić information content (AvgIpc) is 3.14. The Morgan fingerprint density at radius 1 is 1.41 bits per heavy atom. The van der Waals surface area contributed by atoms with Crippen molar-refractivity contribution in [3.63, 3.8) is 0 Å². The summed E-state index contributed by atoms with van der Waals surface area (Å²) in [6, 6.07) is 4.23. The summed E-state index contributed by atoms with van der Waals surface area (Å²) in [6.07, 6.45) is 1.19. The highest BCUT2D eigenvalue weighted by Gasteiger charge is 2.46. The molecule has 1 N–H and O–H groups in total. The van der Waals surface area contributed by atoms with Gasteiger partial charge in [0.05, 0.1) is 11.4 Å². The molecule has 6 heteroatoms. The second kappa shape index (κ2) is 6.32. The Morgan fingerprint density at radius 3 is 2.64 bits per heavy atom. The van der Waals surface area contributed by atoms with Crippen LogP contribution in [0, 0.1) is 5.82 Å². The second-order valence-corrected chi connectivity index (χ2v) is 6.85. The molecule has 4 nitrogen and oxygen atoms in total. The first-order valence-corrected chi connectivity index (χ1v) is 7.75. The minimum absolute atomic E-state index is 0.166. The minimum Gasteiger partial charge on any atom is -0.491 e. The van der Waals surface area contributed by atoms with E-state index in [-0.39, 0.29) is 11.7 Å². The number of hydrogen-bond acceptors (Lipinski definition) is 3. The zero-order valence-corrected chi connectivity index (χ0v) is 13.8. The molecule has 0 saturated heterocycles. The number of alkyl carbamates (subject to hydrolysis) is 1. The lowest BCUT2D eigenvalue weighted by Gasteiger charge is -2.23. The molecule has 0 atom stereocenters. The van der Waals surface area contributed by atoms with Gasteiger partial charge in [-0.2, -0.15) is 0 Å². The van der Waals surface area contributed by atoms with Crippen molar-refractivity contribution in [3.8, 4) is 5.75 Å². The van der Waals surface area contributed by atoms with Gasteiger partial charge in [-0.3, -0.25) is 0 Å². The molecule has 2 rings (SSSR count). The van der Waals surface area contributed by atoms with Crippen LogP contribution in [-0.2, 0) is 10.6 Å². The maximum absolute atomic E-state index is 13.2. The molecule has 0 radical (unpaired) electrons. The molecule has 0 bridgehead atoms. The first-order valence-electron chi connectivity index (χ1n) is 7.21. The highest BCUT2D eigenvalue weighted by atomic mass is 35.5. The number of amides is 1. The monoisotopic (exact) mass is 329 g/mol. The number of rotatable bonds is 5. The highest BCUT2D eigenvalue weighted by Crippen LogP contribution is 2.36. The van der Waals surface area contributed by atoms with Crippen LogP contribution in [0.25, 0.3) is 0 Å². The number of nitrogens with one attached hydrogen (secondary N) is 1. The average molecular weight is 330 g/mol. The normalized spacial score (nSPS) is 16.0. The molecule has 1 aromatic carbocycles. The Hall–Kier alpha value is -1.49. The lowest BCUT2D eigenvalue weighted by molar-refractivity contribution is 0.0477. The Labute approximate surface area is 134 Å². The summed E-state index contributed by atoms with van der Waals surface area (Å²) in [5, 5.41) is 2.85. The van der Waals surface area contributed by atoms with Crippen molar-refractivity contribution in [1.82, 2.24) is 5.32 Å². The minimum atomic E-state index is -0.538. The third-order valence-corrected chi connectivity index (χ3v) is 3.58. The van der Waals surface area contributed by atoms with Gasteiger partial charge in [0, 0.05) is 5.56 Å². The predicted octanol–water partition coefficient (Wildman–Crippen LogP) is 4.00. The molecule has 1 saturated carbocycles. The summed E-state index contributed by atoms with van der Waals surface area (Å²) < 4.78 is 24.1. The van der Waals surface area contributed by atoms with Crippen molar-refractivity contribution in [1.29, 1.82) is 0 Å². The van der Waals surface area contributed by atoms with E-state index in [2.05, 4.69) is 5.32 Å². The van der Waals surface area contributed by atoms with Gasteiger partial charge in [0.25, 0.3) is 0 Å². The van der Waals surface area contributed by atoms with E-state index in [0.29, 0.717) is 17.9 Å². The molecule has 0 aromatic heterocycles. The van der Waals surface area contributed by atoms with E-state index in [1.54, 1.807) is 6.07 Å². The fraction of sp³-hybridized carbons (Fsp3) is 0.562. The molecule has 1 aliphatic carbocycles. The smallest absolute Gasteiger partial charge is 0.408 e. The summed E-state index contributed by atoms with van der Waals surface area (Å²) >= 11 is 5.79. The van der Waals surface area contributed by atoms with Gasteiger partial charge < -0.3 is 14.8 Å². The Balaban J connectivity index is 1.92. The van der Waals surface area contributed by atoms with E-state index in [1.165, 1.54) is 12.1 Å². The van der Waals surface area contributed by atoms with Gasteiger partial charge in [-0.1, -0.05) is 0 Å². The van der Waals surface area contributed by atoms with Crippen molar-refractivity contribution in [3.05, 3.63) is 29.6 Å². The number of benzene rings is 1. The fourth-order valence-electron chi connectivity index (χ4n) is 1.99. The molecule has 0 spiro atoms. The van der Waals surface area contributed by atoms with Crippen molar-refractivity contribution >= 4 is 17.7 Å². The maximum atomic E-state index is 13.2. The van der Waals surface area contributed by atoms with Crippen molar-refractivity contribution in [2.75, 3.05) is 6.61 Å². The van der Waals surface area contributed by atoms with Gasteiger partial charge in [0.15, 0.2) is 0 Å². The largest absolute Gasteiger partial charge is 0.491 e. The summed E-state index contributed by atoms with van der Waals surface area (Å²) in [5.74, 6) is 0.351. The van der Waals surface area contributed by atoms with E-state index in [9.17, 15) is 9.18 Å². The number of halogens is 2. The summed E-state index contributed by atoms with van der Waals surface area (Å²) in [4.78, 5) is 11.8. The lowest BCUT2D eigenvalue weighted by atomic mass is 10.2. The Kier molecular flexibility index (Phi) is 4.85. The molecule has 22 heavy (non-hydrogen) atoms. The summed E-state index contributed by atoms with van der Waals surface area (Å²) in [5.41, 5.74) is -0.348. The summed E-state index contributed by atoms with van der Waals surface area (Å²) in [6.45, 7) is 5.75. The molecule has 0 unspecified atom stereocenters. The van der Waals surface area contributed by atoms with Crippen LogP contribution in [0.2, 0.25) is 0 Å². The number of alkyl halides is 1. The van der Waals surface area contributed by atoms with E-state index in [1.807, 2.05) is 20.8 Å². The van der Waals surface area contributed by atoms with Crippen LogP contribution in [0.3, 0.4) is 0 Å². The van der Waals surface area contributed by atoms with Gasteiger partial charge in [0.1, 0.15) is 23.8 Å². The van der Waals surface area contributed by atoms with E-state index in [4.69, 9.17) is 21.1 Å². The zero-order valence-electron chi connectivity index (χ0n) is 13.0. The Morgan fingerprint density at radius 2 is 2.09 bits per heavy atom. The van der Waals surface area contributed by atoms with Crippen molar-refractivity contribution in [2.24, 2.45) is 0 Å².